The predicted molar refractivity (Wildman–Crippen MR) is 526 cm³/mol. The van der Waals surface area contributed by atoms with Gasteiger partial charge in [0.25, 0.3) is 0 Å². The molecule has 16 nitrogen and oxygen atoms in total. The zero-order valence-corrected chi connectivity index (χ0v) is 86.0. The number of benzene rings is 3. The van der Waals surface area contributed by atoms with Crippen molar-refractivity contribution in [3.8, 4) is 0 Å². The Kier molecular flexibility index (Phi) is 69.6. The second kappa shape index (κ2) is 64.4. The van der Waals surface area contributed by atoms with Crippen LogP contribution >= 0.6 is 0 Å². The minimum Gasteiger partial charge on any atom is -0.423 e. The molecule has 1 aliphatic heterocycles. The van der Waals surface area contributed by atoms with Crippen molar-refractivity contribution in [2.75, 3.05) is 52.6 Å². The summed E-state index contributed by atoms with van der Waals surface area (Å²) in [5.41, 5.74) is 16.3. The van der Waals surface area contributed by atoms with Crippen molar-refractivity contribution in [3.63, 3.8) is 0 Å². The summed E-state index contributed by atoms with van der Waals surface area (Å²) in [5, 5.41) is 78.3. The van der Waals surface area contributed by atoms with Crippen LogP contribution < -0.4 is 38.5 Å². The minimum atomic E-state index is -1.34. The minimum absolute atomic E-state index is 0.00593. The molecule has 5 fully saturated rings. The van der Waals surface area contributed by atoms with Crippen molar-refractivity contribution < 1.29 is 59.4 Å². The number of nitrogens with two attached hydrogens (primary N) is 2. The first-order chi connectivity index (χ1) is 53.8. The van der Waals surface area contributed by atoms with Gasteiger partial charge >= 0.3 is 21.4 Å². The third kappa shape index (κ3) is 105. The lowest BCUT2D eigenvalue weighted by Crippen LogP contribution is -2.65. The number of aliphatic hydroxyl groups excluding tert-OH is 3. The standard InChI is InChI=1S/C18H28BNO2.C12H25NO2.2C7H12O2.2C6H7BO2.2C5H13N.7C5H12/c1-17(2,3)14-20-18-12-8-7-9-15(18)13-21-19(22-18)16-10-5-4-6-11-16;1-11(2,3)9-13-12(15)7-5-4-6-10(12)8-14;2*8-5-6-3-1-2-4-7(6)9;2*8-7(9)6-4-2-1-3-5-6;2*1-5(2,3)4-6;7*1-5(2,3)4/h4-6,10-11,15,20H,7-9,12-14H2,1-3H3;10,13-15H,4-9H2,1-3H3;2*6,8H,1-5H2;2*1-5,8-9H;2*4,6H2,1-3H3;7*1-4H3. The van der Waals surface area contributed by atoms with E-state index in [2.05, 4.69) is 300 Å². The molecular formula is C101H201B3N4O12. The highest BCUT2D eigenvalue weighted by Gasteiger charge is 2.49. The van der Waals surface area contributed by atoms with Gasteiger partial charge in [-0.15, -0.1) is 0 Å². The monoisotopic (exact) mass is 1700 g/mol. The van der Waals surface area contributed by atoms with E-state index >= 15 is 0 Å². The molecule has 706 valence electrons. The maximum Gasteiger partial charge on any atom is 0.495 e. The molecule has 0 spiro atoms. The number of carbonyl (C=O) groups is 2. The molecule has 0 bridgehead atoms. The van der Waals surface area contributed by atoms with Crippen LogP contribution in [0.1, 0.15) is 380 Å². The van der Waals surface area contributed by atoms with Crippen LogP contribution in [0.3, 0.4) is 0 Å². The SMILES string of the molecule is CC(C)(C)C.CC(C)(C)C.CC(C)(C)C.CC(C)(C)C.CC(C)(C)C.CC(C)(C)C.CC(C)(C)C.CC(C)(C)CN.CC(C)(C)CN.CC(C)(C)CNC1(O)CCCCC1CO.CC(C)(C)CNC12CCCCC1COB(c1ccccc1)O2.O=C1CCCCC1CO.O=C1CCCCC1CO.OB(O)c1ccccc1.OB(O)c1ccccc1. The lowest BCUT2D eigenvalue weighted by Gasteiger charge is -2.50. The zero-order chi connectivity index (χ0) is 95.8. The molecule has 6 atom stereocenters. The summed E-state index contributed by atoms with van der Waals surface area (Å²) in [6, 6.07) is 27.6. The maximum absolute atomic E-state index is 10.9. The van der Waals surface area contributed by atoms with E-state index in [4.69, 9.17) is 51.1 Å². The molecule has 0 amide bonds. The molecule has 14 N–H and O–H groups in total. The van der Waals surface area contributed by atoms with Gasteiger partial charge in [-0.3, -0.25) is 20.2 Å². The van der Waals surface area contributed by atoms with Gasteiger partial charge in [0.05, 0.1) is 13.2 Å². The van der Waals surface area contributed by atoms with Gasteiger partial charge in [-0.05, 0) is 153 Å². The number of hydrogen-bond acceptors (Lipinski definition) is 16. The van der Waals surface area contributed by atoms with E-state index in [0.29, 0.717) is 78.4 Å². The van der Waals surface area contributed by atoms with Gasteiger partial charge in [0.1, 0.15) is 23.0 Å². The molecule has 4 aliphatic carbocycles. The smallest absolute Gasteiger partial charge is 0.423 e. The average molecular weight is 1700 g/mol. The first-order valence-corrected chi connectivity index (χ1v) is 45.4. The Morgan fingerprint density at radius 2 is 0.658 bits per heavy atom. The Hall–Kier alpha value is -3.37. The first kappa shape index (κ1) is 130. The fraction of sp³-hybridized carbons (Fsp3) is 0.802. The molecule has 1 heterocycles. The fourth-order valence-electron chi connectivity index (χ4n) is 9.35. The Morgan fingerprint density at radius 3 is 0.908 bits per heavy atom. The molecule has 3 aromatic carbocycles. The third-order valence-electron chi connectivity index (χ3n) is 15.2. The maximum atomic E-state index is 10.9. The van der Waals surface area contributed by atoms with Crippen molar-refractivity contribution in [1.29, 1.82) is 0 Å². The van der Waals surface area contributed by atoms with E-state index in [1.807, 2.05) is 30.3 Å². The van der Waals surface area contributed by atoms with Crippen molar-refractivity contribution in [2.45, 2.75) is 391 Å². The Morgan fingerprint density at radius 1 is 0.383 bits per heavy atom. The van der Waals surface area contributed by atoms with Crippen LogP contribution in [0.25, 0.3) is 0 Å². The highest BCUT2D eigenvalue weighted by molar-refractivity contribution is 6.61. The van der Waals surface area contributed by atoms with Crippen molar-refractivity contribution in [1.82, 2.24) is 10.6 Å². The van der Waals surface area contributed by atoms with Gasteiger partial charge in [-0.2, -0.15) is 0 Å². The topological polar surface area (TPSA) is 291 Å². The van der Waals surface area contributed by atoms with Gasteiger partial charge in [0.15, 0.2) is 0 Å². The first-order valence-electron chi connectivity index (χ1n) is 45.4. The number of hydrogen-bond donors (Lipinski definition) is 12. The number of ketones is 2. The molecule has 19 heteroatoms. The second-order valence-corrected chi connectivity index (χ2v) is 49.2. The van der Waals surface area contributed by atoms with Crippen molar-refractivity contribution in [3.05, 3.63) is 91.0 Å². The Labute approximate surface area is 744 Å². The number of carbonyl (C=O) groups excluding carboxylic acids is 2. The van der Waals surface area contributed by atoms with E-state index in [9.17, 15) is 19.8 Å². The Bertz CT molecular complexity index is 2620. The molecule has 1 saturated heterocycles. The number of fused-ring (bicyclic) bond motifs is 1. The van der Waals surface area contributed by atoms with Crippen LogP contribution in [-0.2, 0) is 18.9 Å². The summed E-state index contributed by atoms with van der Waals surface area (Å²) in [5.74, 6) is 0.905. The number of nitrogens with one attached hydrogen (secondary N) is 2. The summed E-state index contributed by atoms with van der Waals surface area (Å²) < 4.78 is 12.6. The number of Topliss-reactive ketones (excluding diaryl/α,β-unsaturated/α-hetero) is 2. The third-order valence-corrected chi connectivity index (χ3v) is 15.2. The second-order valence-electron chi connectivity index (χ2n) is 49.2. The van der Waals surface area contributed by atoms with E-state index in [-0.39, 0.29) is 72.8 Å². The molecule has 0 aromatic heterocycles. The molecule has 4 saturated carbocycles. The quantitative estimate of drug-likeness (QED) is 0.0664. The summed E-state index contributed by atoms with van der Waals surface area (Å²) in [7, 11) is -2.93. The van der Waals surface area contributed by atoms with Crippen LogP contribution in [0, 0.1) is 83.2 Å². The molecule has 5 aliphatic rings. The van der Waals surface area contributed by atoms with Crippen molar-refractivity contribution >= 4 is 49.3 Å². The lowest BCUT2D eigenvalue weighted by molar-refractivity contribution is -0.126. The summed E-state index contributed by atoms with van der Waals surface area (Å²) in [4.78, 5) is 21.7. The van der Waals surface area contributed by atoms with Crippen molar-refractivity contribution in [2.24, 2.45) is 94.7 Å². The zero-order valence-electron chi connectivity index (χ0n) is 86.0. The van der Waals surface area contributed by atoms with E-state index in [0.717, 1.165) is 109 Å². The van der Waals surface area contributed by atoms with E-state index in [1.165, 1.54) is 19.3 Å². The van der Waals surface area contributed by atoms with Gasteiger partial charge in [-0.1, -0.05) is 394 Å². The van der Waals surface area contributed by atoms with E-state index < -0.39 is 20.0 Å². The largest absolute Gasteiger partial charge is 0.495 e. The van der Waals surface area contributed by atoms with Gasteiger partial charge in [0.2, 0.25) is 0 Å². The highest BCUT2D eigenvalue weighted by Crippen LogP contribution is 2.39. The van der Waals surface area contributed by atoms with Gasteiger partial charge in [0, 0.05) is 62.8 Å². The van der Waals surface area contributed by atoms with Gasteiger partial charge in [-0.25, -0.2) is 0 Å². The number of aliphatic hydroxyl groups is 4. The van der Waals surface area contributed by atoms with Crippen LogP contribution in [0.4, 0.5) is 0 Å². The highest BCUT2D eigenvalue weighted by atomic mass is 16.6. The lowest BCUT2D eigenvalue weighted by atomic mass is 9.71. The van der Waals surface area contributed by atoms with Crippen LogP contribution in [0.15, 0.2) is 91.0 Å². The molecule has 3 aromatic rings. The molecule has 0 radical (unpaired) electrons. The summed E-state index contributed by atoms with van der Waals surface area (Å²) in [6.45, 7) is 91.4. The van der Waals surface area contributed by atoms with Crippen LogP contribution in [0.5, 0.6) is 0 Å². The number of rotatable bonds is 10. The predicted octanol–water partition coefficient (Wildman–Crippen LogP) is 21.0. The molecule has 8 rings (SSSR count). The molecular weight excluding hydrogens is 1490 g/mol. The van der Waals surface area contributed by atoms with Crippen LogP contribution in [-0.4, -0.2) is 138 Å². The molecule has 6 unspecified atom stereocenters. The van der Waals surface area contributed by atoms with E-state index in [1.54, 1.807) is 48.5 Å². The van der Waals surface area contributed by atoms with Crippen LogP contribution in [0.2, 0.25) is 0 Å². The molecule has 120 heavy (non-hydrogen) atoms. The van der Waals surface area contributed by atoms with Gasteiger partial charge < -0.3 is 61.3 Å². The summed E-state index contributed by atoms with van der Waals surface area (Å²) >= 11 is 0. The summed E-state index contributed by atoms with van der Waals surface area (Å²) in [6.07, 6.45) is 16.1. The average Bonchev–Trinajstić information content (AvgIpc) is 0.771. The Balaban J connectivity index is -0.000000236. The fourth-order valence-corrected chi connectivity index (χ4v) is 9.35. The normalized spacial score (nSPS) is 19.8.